The van der Waals surface area contributed by atoms with Crippen LogP contribution in [0.4, 0.5) is 4.39 Å². The molecule has 0 unspecified atom stereocenters. The van der Waals surface area contributed by atoms with Crippen LogP contribution in [0.1, 0.15) is 12.8 Å². The van der Waals surface area contributed by atoms with Crippen LogP contribution >= 0.6 is 0 Å². The molecular weight excluding hydrogens is 243 g/mol. The molecule has 1 aliphatic heterocycles. The lowest BCUT2D eigenvalue weighted by Crippen LogP contribution is -2.23. The molecule has 1 fully saturated rings. The van der Waals surface area contributed by atoms with E-state index in [9.17, 15) is 12.8 Å². The first-order chi connectivity index (χ1) is 8.08. The van der Waals surface area contributed by atoms with Crippen molar-refractivity contribution in [3.05, 3.63) is 30.1 Å². The minimum atomic E-state index is -3.38. The van der Waals surface area contributed by atoms with E-state index in [1.165, 1.54) is 18.2 Å². The van der Waals surface area contributed by atoms with Gasteiger partial charge in [-0.3, -0.25) is 0 Å². The van der Waals surface area contributed by atoms with Crippen molar-refractivity contribution < 1.29 is 17.5 Å². The van der Waals surface area contributed by atoms with Gasteiger partial charge in [-0.1, -0.05) is 6.07 Å². The zero-order valence-corrected chi connectivity index (χ0v) is 10.2. The van der Waals surface area contributed by atoms with Gasteiger partial charge in [0.1, 0.15) is 5.82 Å². The van der Waals surface area contributed by atoms with Gasteiger partial charge in [0.05, 0.1) is 10.6 Å². The molecule has 94 valence electrons. The number of sulfone groups is 1. The number of hydrogen-bond acceptors (Lipinski definition) is 3. The van der Waals surface area contributed by atoms with E-state index in [1.54, 1.807) is 0 Å². The second-order valence-corrected chi connectivity index (χ2v) is 6.33. The molecule has 0 bridgehead atoms. The summed E-state index contributed by atoms with van der Waals surface area (Å²) in [6.45, 7) is 1.23. The molecule has 0 radical (unpaired) electrons. The van der Waals surface area contributed by atoms with Gasteiger partial charge >= 0.3 is 0 Å². The molecule has 1 heterocycles. The lowest BCUT2D eigenvalue weighted by Gasteiger charge is -2.21. The van der Waals surface area contributed by atoms with Gasteiger partial charge in [-0.05, 0) is 37.0 Å². The Morgan fingerprint density at radius 3 is 2.65 bits per heavy atom. The molecule has 1 aliphatic rings. The average Bonchev–Trinajstić information content (AvgIpc) is 2.30. The maximum absolute atomic E-state index is 13.0. The fraction of sp³-hybridized carbons (Fsp3) is 0.500. The third kappa shape index (κ3) is 3.26. The monoisotopic (exact) mass is 258 g/mol. The van der Waals surface area contributed by atoms with Gasteiger partial charge in [0.25, 0.3) is 0 Å². The molecule has 0 N–H and O–H groups in total. The van der Waals surface area contributed by atoms with Crippen molar-refractivity contribution in [3.63, 3.8) is 0 Å². The molecule has 0 amide bonds. The quantitative estimate of drug-likeness (QED) is 0.833. The van der Waals surface area contributed by atoms with E-state index in [0.29, 0.717) is 13.2 Å². The van der Waals surface area contributed by atoms with Crippen molar-refractivity contribution in [2.45, 2.75) is 17.7 Å². The van der Waals surface area contributed by atoms with Gasteiger partial charge in [-0.25, -0.2) is 12.8 Å². The standard InChI is InChI=1S/C12H15FO3S/c13-11-2-1-3-12(8-11)17(14,15)9-10-4-6-16-7-5-10/h1-3,8,10H,4-7,9H2. The van der Waals surface area contributed by atoms with E-state index in [2.05, 4.69) is 0 Å². The summed E-state index contributed by atoms with van der Waals surface area (Å²) in [5.41, 5.74) is 0. The zero-order valence-electron chi connectivity index (χ0n) is 9.43. The van der Waals surface area contributed by atoms with Crippen LogP contribution in [-0.2, 0) is 14.6 Å². The summed E-state index contributed by atoms with van der Waals surface area (Å²) in [6.07, 6.45) is 1.52. The smallest absolute Gasteiger partial charge is 0.178 e. The Labute approximate surface area is 101 Å². The molecule has 0 spiro atoms. The second-order valence-electron chi connectivity index (χ2n) is 4.29. The number of benzene rings is 1. The molecule has 0 aromatic heterocycles. The number of hydrogen-bond donors (Lipinski definition) is 0. The van der Waals surface area contributed by atoms with Crippen molar-refractivity contribution in [1.82, 2.24) is 0 Å². The van der Waals surface area contributed by atoms with Crippen LogP contribution in [0.2, 0.25) is 0 Å². The predicted molar refractivity (Wildman–Crippen MR) is 62.0 cm³/mol. The van der Waals surface area contributed by atoms with Gasteiger partial charge in [-0.2, -0.15) is 0 Å². The van der Waals surface area contributed by atoms with Crippen LogP contribution in [0.15, 0.2) is 29.2 Å². The lowest BCUT2D eigenvalue weighted by atomic mass is 10.0. The van der Waals surface area contributed by atoms with Crippen LogP contribution in [0.25, 0.3) is 0 Å². The third-order valence-electron chi connectivity index (χ3n) is 2.95. The molecule has 1 aromatic carbocycles. The van der Waals surface area contributed by atoms with Gasteiger partial charge in [0.2, 0.25) is 0 Å². The molecule has 2 rings (SSSR count). The van der Waals surface area contributed by atoms with Crippen molar-refractivity contribution >= 4 is 9.84 Å². The Morgan fingerprint density at radius 1 is 1.29 bits per heavy atom. The summed E-state index contributed by atoms with van der Waals surface area (Å²) in [5, 5.41) is 0. The van der Waals surface area contributed by atoms with E-state index in [-0.39, 0.29) is 16.6 Å². The fourth-order valence-corrected chi connectivity index (χ4v) is 3.70. The van der Waals surface area contributed by atoms with Crippen molar-refractivity contribution in [1.29, 1.82) is 0 Å². The van der Waals surface area contributed by atoms with Crippen molar-refractivity contribution in [2.75, 3.05) is 19.0 Å². The minimum Gasteiger partial charge on any atom is -0.381 e. The maximum atomic E-state index is 13.0. The maximum Gasteiger partial charge on any atom is 0.178 e. The first-order valence-electron chi connectivity index (χ1n) is 5.64. The highest BCUT2D eigenvalue weighted by Crippen LogP contribution is 2.21. The summed E-state index contributed by atoms with van der Waals surface area (Å²) in [7, 11) is -3.38. The van der Waals surface area contributed by atoms with Gasteiger partial charge in [0, 0.05) is 13.2 Å². The molecule has 1 saturated heterocycles. The Bertz CT molecular complexity index is 478. The van der Waals surface area contributed by atoms with Crippen LogP contribution in [0.3, 0.4) is 0 Å². The summed E-state index contributed by atoms with van der Waals surface area (Å²) >= 11 is 0. The topological polar surface area (TPSA) is 43.4 Å². The zero-order chi connectivity index (χ0) is 12.3. The Morgan fingerprint density at radius 2 is 2.00 bits per heavy atom. The van der Waals surface area contributed by atoms with Crippen molar-refractivity contribution in [3.8, 4) is 0 Å². The molecule has 17 heavy (non-hydrogen) atoms. The third-order valence-corrected chi connectivity index (χ3v) is 4.83. The molecule has 1 aromatic rings. The largest absolute Gasteiger partial charge is 0.381 e. The van der Waals surface area contributed by atoms with Crippen molar-refractivity contribution in [2.24, 2.45) is 5.92 Å². The molecule has 0 atom stereocenters. The van der Waals surface area contributed by atoms with Gasteiger partial charge in [0.15, 0.2) is 9.84 Å². The van der Waals surface area contributed by atoms with Gasteiger partial charge in [-0.15, -0.1) is 0 Å². The molecule has 3 nitrogen and oxygen atoms in total. The summed E-state index contributed by atoms with van der Waals surface area (Å²) in [6, 6.07) is 5.19. The lowest BCUT2D eigenvalue weighted by molar-refractivity contribution is 0.0723. The minimum absolute atomic E-state index is 0.0731. The predicted octanol–water partition coefficient (Wildman–Crippen LogP) is 2.03. The molecular formula is C12H15FO3S. The van der Waals surface area contributed by atoms with Crippen LogP contribution in [0.5, 0.6) is 0 Å². The SMILES string of the molecule is O=S(=O)(CC1CCOCC1)c1cccc(F)c1. The van der Waals surface area contributed by atoms with Crippen LogP contribution in [0, 0.1) is 11.7 Å². The highest BCUT2D eigenvalue weighted by molar-refractivity contribution is 7.91. The van der Waals surface area contributed by atoms with Crippen LogP contribution in [-0.4, -0.2) is 27.4 Å². The van der Waals surface area contributed by atoms with Gasteiger partial charge < -0.3 is 4.74 Å². The number of ether oxygens (including phenoxy) is 1. The van der Waals surface area contributed by atoms with E-state index in [4.69, 9.17) is 4.74 Å². The molecule has 5 heteroatoms. The summed E-state index contributed by atoms with van der Waals surface area (Å²) in [4.78, 5) is 0.0731. The first kappa shape index (κ1) is 12.5. The number of halogens is 1. The first-order valence-corrected chi connectivity index (χ1v) is 7.29. The normalized spacial score (nSPS) is 18.2. The Balaban J connectivity index is 2.13. The summed E-state index contributed by atoms with van der Waals surface area (Å²) < 4.78 is 42.3. The fourth-order valence-electron chi connectivity index (χ4n) is 1.98. The van der Waals surface area contributed by atoms with E-state index in [0.717, 1.165) is 18.9 Å². The average molecular weight is 258 g/mol. The Hall–Kier alpha value is -0.940. The van der Waals surface area contributed by atoms with E-state index < -0.39 is 15.7 Å². The highest BCUT2D eigenvalue weighted by Gasteiger charge is 2.23. The van der Waals surface area contributed by atoms with Crippen LogP contribution < -0.4 is 0 Å². The molecule has 0 aliphatic carbocycles. The Kier molecular flexibility index (Phi) is 3.79. The molecule has 0 saturated carbocycles. The van der Waals surface area contributed by atoms with E-state index in [1.807, 2.05) is 0 Å². The van der Waals surface area contributed by atoms with E-state index >= 15 is 0 Å². The number of rotatable bonds is 3. The highest BCUT2D eigenvalue weighted by atomic mass is 32.2. The summed E-state index contributed by atoms with van der Waals surface area (Å²) in [5.74, 6) is -0.310. The second kappa shape index (κ2) is 5.14.